The Kier molecular flexibility index (Phi) is 11.3. The van der Waals surface area contributed by atoms with Crippen LogP contribution >= 0.6 is 24.0 Å². The van der Waals surface area contributed by atoms with Crippen molar-refractivity contribution < 1.29 is 0 Å². The predicted octanol–water partition coefficient (Wildman–Crippen LogP) is 2.38. The SMILES string of the molecule is CCCN1CCC(NC(=NC)NCC(C)CN2CCCC2)CC1.I. The van der Waals surface area contributed by atoms with Gasteiger partial charge in [-0.2, -0.15) is 0 Å². The molecule has 2 fully saturated rings. The van der Waals surface area contributed by atoms with E-state index in [1.807, 2.05) is 7.05 Å². The Hall–Kier alpha value is -0.0800. The van der Waals surface area contributed by atoms with E-state index in [1.54, 1.807) is 0 Å². The van der Waals surface area contributed by atoms with Crippen LogP contribution in [0.25, 0.3) is 0 Å². The molecule has 0 amide bonds. The number of rotatable bonds is 7. The summed E-state index contributed by atoms with van der Waals surface area (Å²) in [4.78, 5) is 9.57. The van der Waals surface area contributed by atoms with Gasteiger partial charge in [0.1, 0.15) is 0 Å². The molecule has 0 aromatic carbocycles. The highest BCUT2D eigenvalue weighted by molar-refractivity contribution is 14.0. The van der Waals surface area contributed by atoms with Gasteiger partial charge in [0.15, 0.2) is 5.96 Å². The second-order valence-corrected chi connectivity index (χ2v) is 7.33. The number of likely N-dealkylation sites (tertiary alicyclic amines) is 2. The maximum atomic E-state index is 4.41. The van der Waals surface area contributed by atoms with Gasteiger partial charge in [0.25, 0.3) is 0 Å². The fourth-order valence-electron chi connectivity index (χ4n) is 3.75. The third-order valence-electron chi connectivity index (χ3n) is 5.08. The van der Waals surface area contributed by atoms with E-state index in [0.717, 1.165) is 12.5 Å². The van der Waals surface area contributed by atoms with Crippen molar-refractivity contribution in [3.8, 4) is 0 Å². The highest BCUT2D eigenvalue weighted by Crippen LogP contribution is 2.11. The van der Waals surface area contributed by atoms with Crippen LogP contribution in [0.5, 0.6) is 0 Å². The summed E-state index contributed by atoms with van der Waals surface area (Å²) < 4.78 is 0. The van der Waals surface area contributed by atoms with Crippen LogP contribution in [0.15, 0.2) is 4.99 Å². The minimum absolute atomic E-state index is 0. The van der Waals surface area contributed by atoms with Crippen molar-refractivity contribution in [1.82, 2.24) is 20.4 Å². The zero-order valence-electron chi connectivity index (χ0n) is 15.9. The van der Waals surface area contributed by atoms with Crippen molar-refractivity contribution in [2.45, 2.75) is 52.0 Å². The van der Waals surface area contributed by atoms with E-state index < -0.39 is 0 Å². The molecule has 0 aromatic heterocycles. The molecular weight excluding hydrogens is 413 g/mol. The lowest BCUT2D eigenvalue weighted by Crippen LogP contribution is -2.49. The highest BCUT2D eigenvalue weighted by Gasteiger charge is 2.20. The van der Waals surface area contributed by atoms with Gasteiger partial charge in [-0.3, -0.25) is 4.99 Å². The topological polar surface area (TPSA) is 42.9 Å². The maximum Gasteiger partial charge on any atom is 0.191 e. The fraction of sp³-hybridized carbons (Fsp3) is 0.944. The standard InChI is InChI=1S/C18H37N5.HI/c1-4-9-22-12-7-17(8-13-22)21-18(19-3)20-14-16(2)15-23-10-5-6-11-23;/h16-17H,4-15H2,1-3H3,(H2,19,20,21);1H. The summed E-state index contributed by atoms with van der Waals surface area (Å²) in [6, 6.07) is 0.572. The first-order valence-electron chi connectivity index (χ1n) is 9.63. The number of piperidine rings is 1. The largest absolute Gasteiger partial charge is 0.356 e. The molecule has 2 N–H and O–H groups in total. The molecule has 5 nitrogen and oxygen atoms in total. The zero-order valence-corrected chi connectivity index (χ0v) is 18.2. The van der Waals surface area contributed by atoms with Crippen molar-refractivity contribution in [2.75, 3.05) is 52.9 Å². The Morgan fingerprint density at radius 3 is 2.38 bits per heavy atom. The van der Waals surface area contributed by atoms with Gasteiger partial charge >= 0.3 is 0 Å². The van der Waals surface area contributed by atoms with Crippen LogP contribution in [0.4, 0.5) is 0 Å². The molecule has 2 rings (SSSR count). The molecule has 0 radical (unpaired) electrons. The van der Waals surface area contributed by atoms with Gasteiger partial charge in [-0.1, -0.05) is 13.8 Å². The number of nitrogens with zero attached hydrogens (tertiary/aromatic N) is 3. The molecular formula is C18H38IN5. The van der Waals surface area contributed by atoms with E-state index in [9.17, 15) is 0 Å². The Labute approximate surface area is 166 Å². The molecule has 2 saturated heterocycles. The monoisotopic (exact) mass is 451 g/mol. The Balaban J connectivity index is 0.00000288. The van der Waals surface area contributed by atoms with E-state index in [2.05, 4.69) is 39.3 Å². The molecule has 2 heterocycles. The van der Waals surface area contributed by atoms with E-state index >= 15 is 0 Å². The second kappa shape index (κ2) is 12.3. The lowest BCUT2D eigenvalue weighted by atomic mass is 10.1. The lowest BCUT2D eigenvalue weighted by Gasteiger charge is -2.33. The average molecular weight is 451 g/mol. The number of aliphatic imine (C=N–C) groups is 1. The van der Waals surface area contributed by atoms with Crippen LogP contribution in [-0.2, 0) is 0 Å². The first kappa shape index (κ1) is 22.0. The van der Waals surface area contributed by atoms with E-state index in [4.69, 9.17) is 0 Å². The molecule has 0 bridgehead atoms. The molecule has 0 saturated carbocycles. The quantitative estimate of drug-likeness (QED) is 0.355. The number of nitrogens with one attached hydrogen (secondary N) is 2. The first-order valence-corrected chi connectivity index (χ1v) is 9.63. The Morgan fingerprint density at radius 2 is 1.79 bits per heavy atom. The fourth-order valence-corrected chi connectivity index (χ4v) is 3.75. The number of guanidine groups is 1. The molecule has 6 heteroatoms. The minimum Gasteiger partial charge on any atom is -0.356 e. The van der Waals surface area contributed by atoms with Crippen molar-refractivity contribution in [2.24, 2.45) is 10.9 Å². The zero-order chi connectivity index (χ0) is 16.5. The number of hydrogen-bond acceptors (Lipinski definition) is 3. The summed E-state index contributed by atoms with van der Waals surface area (Å²) in [6.45, 7) is 13.1. The summed E-state index contributed by atoms with van der Waals surface area (Å²) in [6.07, 6.45) is 6.46. The first-order chi connectivity index (χ1) is 11.2. The third-order valence-corrected chi connectivity index (χ3v) is 5.08. The summed E-state index contributed by atoms with van der Waals surface area (Å²) in [7, 11) is 1.88. The van der Waals surface area contributed by atoms with Crippen molar-refractivity contribution in [3.63, 3.8) is 0 Å². The van der Waals surface area contributed by atoms with Gasteiger partial charge in [-0.05, 0) is 57.7 Å². The molecule has 24 heavy (non-hydrogen) atoms. The van der Waals surface area contributed by atoms with Gasteiger partial charge < -0.3 is 20.4 Å². The molecule has 2 aliphatic heterocycles. The van der Waals surface area contributed by atoms with Crippen LogP contribution in [0.2, 0.25) is 0 Å². The van der Waals surface area contributed by atoms with Gasteiger partial charge in [0.2, 0.25) is 0 Å². The summed E-state index contributed by atoms with van der Waals surface area (Å²) in [5.41, 5.74) is 0. The van der Waals surface area contributed by atoms with Crippen LogP contribution < -0.4 is 10.6 Å². The van der Waals surface area contributed by atoms with Gasteiger partial charge in [-0.25, -0.2) is 0 Å². The van der Waals surface area contributed by atoms with Crippen molar-refractivity contribution >= 4 is 29.9 Å². The van der Waals surface area contributed by atoms with E-state index in [1.165, 1.54) is 71.4 Å². The molecule has 142 valence electrons. The summed E-state index contributed by atoms with van der Waals surface area (Å²) >= 11 is 0. The second-order valence-electron chi connectivity index (χ2n) is 7.33. The van der Waals surface area contributed by atoms with Crippen LogP contribution in [0.3, 0.4) is 0 Å². The van der Waals surface area contributed by atoms with Crippen molar-refractivity contribution in [3.05, 3.63) is 0 Å². The Morgan fingerprint density at radius 1 is 1.12 bits per heavy atom. The van der Waals surface area contributed by atoms with Crippen LogP contribution in [0, 0.1) is 5.92 Å². The third kappa shape index (κ3) is 7.87. The molecule has 0 aromatic rings. The molecule has 1 atom stereocenters. The van der Waals surface area contributed by atoms with Gasteiger partial charge in [0, 0.05) is 39.3 Å². The van der Waals surface area contributed by atoms with Crippen molar-refractivity contribution in [1.29, 1.82) is 0 Å². The normalized spacial score (nSPS) is 22.2. The number of halogens is 1. The molecule has 0 aliphatic carbocycles. The van der Waals surface area contributed by atoms with Gasteiger partial charge in [-0.15, -0.1) is 24.0 Å². The average Bonchev–Trinajstić information content (AvgIpc) is 3.06. The predicted molar refractivity (Wildman–Crippen MR) is 115 cm³/mol. The summed E-state index contributed by atoms with van der Waals surface area (Å²) in [5, 5.41) is 7.14. The molecule has 1 unspecified atom stereocenters. The highest BCUT2D eigenvalue weighted by atomic mass is 127. The Bertz CT molecular complexity index is 349. The lowest BCUT2D eigenvalue weighted by molar-refractivity contribution is 0.206. The van der Waals surface area contributed by atoms with E-state index in [0.29, 0.717) is 12.0 Å². The van der Waals surface area contributed by atoms with E-state index in [-0.39, 0.29) is 24.0 Å². The van der Waals surface area contributed by atoms with Crippen LogP contribution in [-0.4, -0.2) is 74.7 Å². The maximum absolute atomic E-state index is 4.41. The smallest absolute Gasteiger partial charge is 0.191 e. The number of hydrogen-bond donors (Lipinski definition) is 2. The molecule has 0 spiro atoms. The van der Waals surface area contributed by atoms with Crippen LogP contribution in [0.1, 0.15) is 46.0 Å². The minimum atomic E-state index is 0. The van der Waals surface area contributed by atoms with Gasteiger partial charge in [0.05, 0.1) is 0 Å². The molecule has 2 aliphatic rings. The summed E-state index contributed by atoms with van der Waals surface area (Å²) in [5.74, 6) is 1.64.